The van der Waals surface area contributed by atoms with E-state index in [2.05, 4.69) is 0 Å². The van der Waals surface area contributed by atoms with Gasteiger partial charge in [-0.15, -0.1) is 0 Å². The van der Waals surface area contributed by atoms with Crippen LogP contribution in [0.15, 0.2) is 18.2 Å². The molecule has 0 amide bonds. The van der Waals surface area contributed by atoms with Crippen molar-refractivity contribution in [3.05, 3.63) is 29.3 Å². The molecule has 6 heteroatoms. The zero-order valence-corrected chi connectivity index (χ0v) is 10.7. The number of nitrogens with two attached hydrogens (primary N) is 1. The third kappa shape index (κ3) is 3.55. The van der Waals surface area contributed by atoms with E-state index in [1.165, 1.54) is 5.56 Å². The lowest BCUT2D eigenvalue weighted by molar-refractivity contribution is -0.0328. The highest BCUT2D eigenvalue weighted by Crippen LogP contribution is 2.30. The SMILES string of the molecule is Nc1cccc2c1CN(CCSC(F)(F)F)CC2. The summed E-state index contributed by atoms with van der Waals surface area (Å²) < 4.78 is 36.1. The van der Waals surface area contributed by atoms with E-state index in [0.29, 0.717) is 13.1 Å². The summed E-state index contributed by atoms with van der Waals surface area (Å²) in [6.07, 6.45) is 0.858. The number of halogens is 3. The minimum atomic E-state index is -4.13. The molecule has 0 unspecified atom stereocenters. The number of nitrogens with zero attached hydrogens (tertiary/aromatic N) is 1. The molecule has 0 saturated heterocycles. The van der Waals surface area contributed by atoms with Crippen molar-refractivity contribution in [3.63, 3.8) is 0 Å². The van der Waals surface area contributed by atoms with Crippen LogP contribution in [0.3, 0.4) is 0 Å². The average molecular weight is 276 g/mol. The molecule has 0 saturated carbocycles. The molecule has 0 atom stereocenters. The van der Waals surface area contributed by atoms with Crippen LogP contribution in [0.1, 0.15) is 11.1 Å². The van der Waals surface area contributed by atoms with Gasteiger partial charge in [-0.05, 0) is 35.4 Å². The maximum absolute atomic E-state index is 12.0. The molecule has 2 N–H and O–H groups in total. The summed E-state index contributed by atoms with van der Waals surface area (Å²) in [5.41, 5.74) is 4.78. The number of hydrogen-bond acceptors (Lipinski definition) is 3. The molecule has 0 aromatic heterocycles. The van der Waals surface area contributed by atoms with E-state index in [1.54, 1.807) is 0 Å². The standard InChI is InChI=1S/C12H15F3N2S/c13-12(14,15)18-7-6-17-5-4-9-2-1-3-11(16)10(9)8-17/h1-3H,4-8,16H2. The van der Waals surface area contributed by atoms with Crippen LogP contribution in [-0.4, -0.2) is 29.3 Å². The Labute approximate surface area is 108 Å². The molecule has 0 fully saturated rings. The average Bonchev–Trinajstić information content (AvgIpc) is 2.28. The molecule has 2 nitrogen and oxygen atoms in total. The summed E-state index contributed by atoms with van der Waals surface area (Å²) in [4.78, 5) is 2.03. The first-order valence-electron chi connectivity index (χ1n) is 5.75. The van der Waals surface area contributed by atoms with Gasteiger partial charge < -0.3 is 5.73 Å². The van der Waals surface area contributed by atoms with Gasteiger partial charge in [0, 0.05) is 31.1 Å². The van der Waals surface area contributed by atoms with Crippen LogP contribution in [0, 0.1) is 0 Å². The van der Waals surface area contributed by atoms with Crippen LogP contribution in [0.5, 0.6) is 0 Å². The number of benzene rings is 1. The second kappa shape index (κ2) is 5.40. The quantitative estimate of drug-likeness (QED) is 0.861. The number of alkyl halides is 3. The van der Waals surface area contributed by atoms with Gasteiger partial charge in [-0.1, -0.05) is 12.1 Å². The van der Waals surface area contributed by atoms with Gasteiger partial charge in [-0.3, -0.25) is 4.90 Å². The Morgan fingerprint density at radius 1 is 1.33 bits per heavy atom. The monoisotopic (exact) mass is 276 g/mol. The first-order valence-corrected chi connectivity index (χ1v) is 6.73. The Hall–Kier alpha value is -0.880. The topological polar surface area (TPSA) is 29.3 Å². The molecule has 0 bridgehead atoms. The Morgan fingerprint density at radius 3 is 2.83 bits per heavy atom. The molecular formula is C12H15F3N2S. The van der Waals surface area contributed by atoms with E-state index in [-0.39, 0.29) is 17.5 Å². The third-order valence-electron chi connectivity index (χ3n) is 3.06. The normalized spacial score (nSPS) is 16.6. The van der Waals surface area contributed by atoms with Gasteiger partial charge in [0.1, 0.15) is 0 Å². The van der Waals surface area contributed by atoms with Crippen LogP contribution in [0.25, 0.3) is 0 Å². The third-order valence-corrected chi connectivity index (χ3v) is 3.78. The minimum Gasteiger partial charge on any atom is -0.398 e. The molecular weight excluding hydrogens is 261 g/mol. The summed E-state index contributed by atoms with van der Waals surface area (Å²) in [7, 11) is 0. The van der Waals surface area contributed by atoms with E-state index in [9.17, 15) is 13.2 Å². The second-order valence-electron chi connectivity index (χ2n) is 4.31. The van der Waals surface area contributed by atoms with Crippen molar-refractivity contribution >= 4 is 17.4 Å². The van der Waals surface area contributed by atoms with Gasteiger partial charge in [0.25, 0.3) is 0 Å². The lowest BCUT2D eigenvalue weighted by atomic mass is 9.98. The minimum absolute atomic E-state index is 0.0398. The fourth-order valence-electron chi connectivity index (χ4n) is 2.14. The molecule has 1 aromatic rings. The van der Waals surface area contributed by atoms with Crippen molar-refractivity contribution in [2.24, 2.45) is 0 Å². The Kier molecular flexibility index (Phi) is 4.07. The van der Waals surface area contributed by atoms with Gasteiger partial charge in [-0.2, -0.15) is 13.2 Å². The number of anilines is 1. The molecule has 0 radical (unpaired) electrons. The van der Waals surface area contributed by atoms with Crippen LogP contribution >= 0.6 is 11.8 Å². The summed E-state index contributed by atoms with van der Waals surface area (Å²) in [5, 5.41) is 0. The first-order chi connectivity index (χ1) is 8.46. The van der Waals surface area contributed by atoms with E-state index in [4.69, 9.17) is 5.73 Å². The van der Waals surface area contributed by atoms with Crippen LogP contribution < -0.4 is 5.73 Å². The van der Waals surface area contributed by atoms with Crippen molar-refractivity contribution < 1.29 is 13.2 Å². The van der Waals surface area contributed by atoms with Crippen LogP contribution in [-0.2, 0) is 13.0 Å². The fourth-order valence-corrected chi connectivity index (χ4v) is 2.73. The zero-order chi connectivity index (χ0) is 13.2. The van der Waals surface area contributed by atoms with Crippen molar-refractivity contribution in [2.75, 3.05) is 24.6 Å². The molecule has 1 aliphatic heterocycles. The first kappa shape index (κ1) is 13.5. The lowest BCUT2D eigenvalue weighted by Gasteiger charge is -2.29. The molecule has 0 aliphatic carbocycles. The number of nitrogen functional groups attached to an aromatic ring is 1. The number of thioether (sulfide) groups is 1. The molecule has 1 aliphatic rings. The van der Waals surface area contributed by atoms with Crippen molar-refractivity contribution in [1.29, 1.82) is 0 Å². The molecule has 1 heterocycles. The van der Waals surface area contributed by atoms with Gasteiger partial charge in [0.05, 0.1) is 0 Å². The fraction of sp³-hybridized carbons (Fsp3) is 0.500. The van der Waals surface area contributed by atoms with Crippen LogP contribution in [0.2, 0.25) is 0 Å². The second-order valence-corrected chi connectivity index (χ2v) is 5.47. The predicted molar refractivity (Wildman–Crippen MR) is 68.3 cm³/mol. The number of hydrogen-bond donors (Lipinski definition) is 1. The Bertz CT molecular complexity index is 420. The highest BCUT2D eigenvalue weighted by atomic mass is 32.2. The number of fused-ring (bicyclic) bond motifs is 1. The highest BCUT2D eigenvalue weighted by molar-refractivity contribution is 8.00. The molecule has 1 aromatic carbocycles. The van der Waals surface area contributed by atoms with Crippen LogP contribution in [0.4, 0.5) is 18.9 Å². The molecule has 18 heavy (non-hydrogen) atoms. The van der Waals surface area contributed by atoms with E-state index < -0.39 is 5.51 Å². The smallest absolute Gasteiger partial charge is 0.398 e. The van der Waals surface area contributed by atoms with E-state index in [0.717, 1.165) is 24.2 Å². The summed E-state index contributed by atoms with van der Waals surface area (Å²) in [6.45, 7) is 1.90. The molecule has 0 spiro atoms. The lowest BCUT2D eigenvalue weighted by Crippen LogP contribution is -2.33. The van der Waals surface area contributed by atoms with Crippen molar-refractivity contribution in [3.8, 4) is 0 Å². The summed E-state index contributed by atoms with van der Waals surface area (Å²) in [6, 6.07) is 5.80. The number of rotatable bonds is 3. The Balaban J connectivity index is 1.90. The van der Waals surface area contributed by atoms with Crippen molar-refractivity contribution in [2.45, 2.75) is 18.5 Å². The van der Waals surface area contributed by atoms with Gasteiger partial charge in [0.15, 0.2) is 0 Å². The molecule has 100 valence electrons. The van der Waals surface area contributed by atoms with Gasteiger partial charge in [-0.25, -0.2) is 0 Å². The largest absolute Gasteiger partial charge is 0.441 e. The zero-order valence-electron chi connectivity index (χ0n) is 9.83. The van der Waals surface area contributed by atoms with E-state index in [1.807, 2.05) is 23.1 Å². The Morgan fingerprint density at radius 2 is 2.11 bits per heavy atom. The maximum atomic E-state index is 12.0. The summed E-state index contributed by atoms with van der Waals surface area (Å²) >= 11 is 0.0398. The maximum Gasteiger partial charge on any atom is 0.441 e. The van der Waals surface area contributed by atoms with E-state index >= 15 is 0 Å². The summed E-state index contributed by atoms with van der Waals surface area (Å²) in [5.74, 6) is 0.0750. The molecule has 2 rings (SSSR count). The van der Waals surface area contributed by atoms with Gasteiger partial charge in [0.2, 0.25) is 0 Å². The highest BCUT2D eigenvalue weighted by Gasteiger charge is 2.28. The van der Waals surface area contributed by atoms with Crippen molar-refractivity contribution in [1.82, 2.24) is 4.90 Å². The van der Waals surface area contributed by atoms with Gasteiger partial charge >= 0.3 is 5.51 Å². The predicted octanol–water partition coefficient (Wildman–Crippen LogP) is 2.88.